The van der Waals surface area contributed by atoms with Crippen molar-refractivity contribution < 1.29 is 0 Å². The third-order valence-electron chi connectivity index (χ3n) is 4.73. The molecule has 2 aromatic heterocycles. The average Bonchev–Trinajstić information content (AvgIpc) is 2.83. The van der Waals surface area contributed by atoms with Crippen molar-refractivity contribution in [3.63, 3.8) is 0 Å². The summed E-state index contributed by atoms with van der Waals surface area (Å²) in [5.41, 5.74) is 2.35. The summed E-state index contributed by atoms with van der Waals surface area (Å²) in [6, 6.07) is 14.4. The van der Waals surface area contributed by atoms with Crippen LogP contribution in [0.4, 0.5) is 17.6 Å². The quantitative estimate of drug-likeness (QED) is 0.300. The molecule has 0 bridgehead atoms. The molecule has 10 nitrogen and oxygen atoms in total. The SMILES string of the molecule is CN(C)C=Nc1nc2nc(/N=C/N(C)C)nc(N=CN(C)C)c2nc1-c1ccc2ccccc2c1. The maximum atomic E-state index is 4.93. The summed E-state index contributed by atoms with van der Waals surface area (Å²) in [5, 5.41) is 2.25. The normalized spacial score (nSPS) is 11.9. The Kier molecular flexibility index (Phi) is 6.91. The van der Waals surface area contributed by atoms with Crippen molar-refractivity contribution >= 4 is 58.5 Å². The molecule has 4 aromatic rings. The van der Waals surface area contributed by atoms with Crippen LogP contribution in [0.1, 0.15) is 0 Å². The van der Waals surface area contributed by atoms with Crippen LogP contribution >= 0.6 is 0 Å². The van der Waals surface area contributed by atoms with Gasteiger partial charge in [0.15, 0.2) is 22.8 Å². The Hall–Kier alpha value is -4.47. The lowest BCUT2D eigenvalue weighted by Crippen LogP contribution is -2.08. The maximum absolute atomic E-state index is 4.93. The summed E-state index contributed by atoms with van der Waals surface area (Å²) in [5.74, 6) is 1.07. The highest BCUT2D eigenvalue weighted by Crippen LogP contribution is 2.33. The second-order valence-corrected chi connectivity index (χ2v) is 8.60. The van der Waals surface area contributed by atoms with Crippen molar-refractivity contribution in [3.05, 3.63) is 42.5 Å². The van der Waals surface area contributed by atoms with Crippen LogP contribution in [0.3, 0.4) is 0 Å². The van der Waals surface area contributed by atoms with Crippen molar-refractivity contribution in [3.8, 4) is 11.3 Å². The van der Waals surface area contributed by atoms with Crippen molar-refractivity contribution in [2.45, 2.75) is 0 Å². The fourth-order valence-corrected chi connectivity index (χ4v) is 3.19. The molecule has 0 fully saturated rings. The van der Waals surface area contributed by atoms with Crippen LogP contribution in [0.15, 0.2) is 57.4 Å². The molecule has 0 spiro atoms. The highest BCUT2D eigenvalue weighted by Gasteiger charge is 2.16. The van der Waals surface area contributed by atoms with Crippen molar-refractivity contribution in [1.82, 2.24) is 34.6 Å². The lowest BCUT2D eigenvalue weighted by atomic mass is 10.0. The van der Waals surface area contributed by atoms with Crippen LogP contribution in [0.5, 0.6) is 0 Å². The fraction of sp³-hybridized carbons (Fsp3) is 0.240. The van der Waals surface area contributed by atoms with E-state index in [9.17, 15) is 0 Å². The zero-order chi connectivity index (χ0) is 24.9. The summed E-state index contributed by atoms with van der Waals surface area (Å²) >= 11 is 0. The van der Waals surface area contributed by atoms with E-state index in [4.69, 9.17) is 9.97 Å². The van der Waals surface area contributed by atoms with Crippen LogP contribution in [0.2, 0.25) is 0 Å². The van der Waals surface area contributed by atoms with Gasteiger partial charge in [0.2, 0.25) is 0 Å². The van der Waals surface area contributed by atoms with E-state index in [0.717, 1.165) is 16.3 Å². The number of nitrogens with zero attached hydrogens (tertiary/aromatic N) is 10. The van der Waals surface area contributed by atoms with Gasteiger partial charge < -0.3 is 14.7 Å². The summed E-state index contributed by atoms with van der Waals surface area (Å²) in [6.45, 7) is 0. The fourth-order valence-electron chi connectivity index (χ4n) is 3.19. The Morgan fingerprint density at radius 1 is 0.629 bits per heavy atom. The molecule has 0 radical (unpaired) electrons. The second kappa shape index (κ2) is 10.2. The molecule has 0 unspecified atom stereocenters. The number of aliphatic imine (C=N–C) groups is 3. The van der Waals surface area contributed by atoms with Crippen molar-refractivity contribution in [2.75, 3.05) is 42.3 Å². The molecule has 178 valence electrons. The number of aromatic nitrogens is 4. The number of hydrogen-bond donors (Lipinski definition) is 0. The molecule has 35 heavy (non-hydrogen) atoms. The van der Waals surface area contributed by atoms with Gasteiger partial charge in [-0.05, 0) is 16.8 Å². The summed E-state index contributed by atoms with van der Waals surface area (Å²) in [6.07, 6.45) is 4.98. The third kappa shape index (κ3) is 5.72. The smallest absolute Gasteiger partial charge is 0.255 e. The van der Waals surface area contributed by atoms with E-state index >= 15 is 0 Å². The molecule has 10 heteroatoms. The van der Waals surface area contributed by atoms with Crippen LogP contribution in [0.25, 0.3) is 33.2 Å². The molecular formula is C25H28N10. The van der Waals surface area contributed by atoms with E-state index in [1.807, 2.05) is 70.3 Å². The first kappa shape index (κ1) is 23.7. The molecule has 2 aromatic carbocycles. The van der Waals surface area contributed by atoms with Gasteiger partial charge in [0.25, 0.3) is 5.95 Å². The molecule has 0 atom stereocenters. The van der Waals surface area contributed by atoms with Gasteiger partial charge >= 0.3 is 0 Å². The Bertz CT molecular complexity index is 1440. The first-order valence-corrected chi connectivity index (χ1v) is 11.0. The molecule has 4 rings (SSSR count). The molecule has 2 heterocycles. The van der Waals surface area contributed by atoms with Crippen LogP contribution in [0, 0.1) is 0 Å². The minimum absolute atomic E-state index is 0.243. The van der Waals surface area contributed by atoms with Gasteiger partial charge in [-0.25, -0.2) is 24.9 Å². The number of rotatable bonds is 7. The second-order valence-electron chi connectivity index (χ2n) is 8.60. The molecular weight excluding hydrogens is 440 g/mol. The molecule has 0 N–H and O–H groups in total. The lowest BCUT2D eigenvalue weighted by Gasteiger charge is -2.10. The van der Waals surface area contributed by atoms with Gasteiger partial charge in [-0.15, -0.1) is 0 Å². The molecule has 0 aliphatic carbocycles. The summed E-state index contributed by atoms with van der Waals surface area (Å²) in [4.78, 5) is 37.7. The Morgan fingerprint density at radius 3 is 1.94 bits per heavy atom. The predicted molar refractivity (Wildman–Crippen MR) is 144 cm³/mol. The lowest BCUT2D eigenvalue weighted by molar-refractivity contribution is 0.642. The highest BCUT2D eigenvalue weighted by molar-refractivity contribution is 5.92. The molecule has 0 aliphatic heterocycles. The van der Waals surface area contributed by atoms with E-state index in [1.165, 1.54) is 0 Å². The molecule has 0 saturated heterocycles. The zero-order valence-electron chi connectivity index (χ0n) is 20.7. The van der Waals surface area contributed by atoms with E-state index in [2.05, 4.69) is 49.2 Å². The Morgan fingerprint density at radius 2 is 1.26 bits per heavy atom. The Balaban J connectivity index is 1.98. The first-order chi connectivity index (χ1) is 16.8. The minimum atomic E-state index is 0.243. The van der Waals surface area contributed by atoms with Gasteiger partial charge in [-0.1, -0.05) is 36.4 Å². The van der Waals surface area contributed by atoms with Gasteiger partial charge in [0.05, 0.1) is 19.0 Å². The third-order valence-corrected chi connectivity index (χ3v) is 4.73. The van der Waals surface area contributed by atoms with Crippen LogP contribution in [-0.4, -0.2) is 95.9 Å². The Labute approximate surface area is 204 Å². The predicted octanol–water partition coefficient (Wildman–Crippen LogP) is 3.90. The van der Waals surface area contributed by atoms with E-state index in [0.29, 0.717) is 28.5 Å². The number of fused-ring (bicyclic) bond motifs is 2. The number of hydrogen-bond acceptors (Lipinski definition) is 7. The molecule has 0 aliphatic rings. The van der Waals surface area contributed by atoms with Crippen LogP contribution < -0.4 is 0 Å². The van der Waals surface area contributed by atoms with E-state index in [1.54, 1.807) is 23.9 Å². The van der Waals surface area contributed by atoms with Gasteiger partial charge in [0, 0.05) is 47.8 Å². The van der Waals surface area contributed by atoms with Crippen LogP contribution in [-0.2, 0) is 0 Å². The summed E-state index contributed by atoms with van der Waals surface area (Å²) in [7, 11) is 11.3. The van der Waals surface area contributed by atoms with Crippen molar-refractivity contribution in [2.24, 2.45) is 15.0 Å². The monoisotopic (exact) mass is 468 g/mol. The standard InChI is InChI=1S/C25H28N10/c1-33(2)14-26-22-20(19-12-11-17-9-7-8-10-18(17)13-19)29-21-23(27-15-34(3)4)31-25(28-16-35(5)6)32-24(21)30-22/h7-16H,1-6H3/b26-14?,27-15?,28-16+. The summed E-state index contributed by atoms with van der Waals surface area (Å²) < 4.78 is 0. The van der Waals surface area contributed by atoms with Gasteiger partial charge in [-0.2, -0.15) is 9.97 Å². The largest absolute Gasteiger partial charge is 0.369 e. The van der Waals surface area contributed by atoms with Crippen molar-refractivity contribution in [1.29, 1.82) is 0 Å². The maximum Gasteiger partial charge on any atom is 0.255 e. The minimum Gasteiger partial charge on any atom is -0.369 e. The topological polar surface area (TPSA) is 98.4 Å². The van der Waals surface area contributed by atoms with E-state index in [-0.39, 0.29) is 5.95 Å². The average molecular weight is 469 g/mol. The van der Waals surface area contributed by atoms with E-state index < -0.39 is 0 Å². The highest BCUT2D eigenvalue weighted by atomic mass is 15.2. The zero-order valence-corrected chi connectivity index (χ0v) is 20.7. The molecule has 0 saturated carbocycles. The van der Waals surface area contributed by atoms with Gasteiger partial charge in [0.1, 0.15) is 5.69 Å². The molecule has 0 amide bonds. The first-order valence-electron chi connectivity index (χ1n) is 11.0. The number of benzene rings is 2. The van der Waals surface area contributed by atoms with Gasteiger partial charge in [-0.3, -0.25) is 0 Å².